The molecule has 21 heavy (non-hydrogen) atoms. The molecule has 0 radical (unpaired) electrons. The second kappa shape index (κ2) is 4.79. The van der Waals surface area contributed by atoms with Gasteiger partial charge in [-0.25, -0.2) is 4.98 Å². The summed E-state index contributed by atoms with van der Waals surface area (Å²) in [5, 5.41) is 10.4. The van der Waals surface area contributed by atoms with Gasteiger partial charge in [0.05, 0.1) is 0 Å². The van der Waals surface area contributed by atoms with Crippen LogP contribution in [0.3, 0.4) is 0 Å². The number of allylic oxidation sites excluding steroid dienone is 1. The summed E-state index contributed by atoms with van der Waals surface area (Å²) >= 11 is 0. The van der Waals surface area contributed by atoms with Crippen LogP contribution in [0.15, 0.2) is 16.9 Å². The first-order chi connectivity index (χ1) is 9.92. The van der Waals surface area contributed by atoms with Crippen LogP contribution in [0.4, 0.5) is 0 Å². The van der Waals surface area contributed by atoms with Crippen molar-refractivity contribution in [3.8, 4) is 11.6 Å². The lowest BCUT2D eigenvalue weighted by Crippen LogP contribution is -2.31. The van der Waals surface area contributed by atoms with Crippen molar-refractivity contribution in [2.24, 2.45) is 16.7 Å². The van der Waals surface area contributed by atoms with Crippen LogP contribution in [0.25, 0.3) is 17.7 Å². The molecule has 0 saturated heterocycles. The molecule has 112 valence electrons. The van der Waals surface area contributed by atoms with Gasteiger partial charge in [-0.2, -0.15) is 10.1 Å². The monoisotopic (exact) mass is 287 g/mol. The minimum atomic E-state index is 0.146. The van der Waals surface area contributed by atoms with Gasteiger partial charge in [-0.05, 0) is 35.7 Å². The first-order valence-corrected chi connectivity index (χ1v) is 7.31. The lowest BCUT2D eigenvalue weighted by Gasteiger charge is -2.38. The van der Waals surface area contributed by atoms with E-state index in [1.807, 2.05) is 6.08 Å². The molecule has 1 fully saturated rings. The van der Waals surface area contributed by atoms with Crippen LogP contribution in [0.2, 0.25) is 0 Å². The Hall–Kier alpha value is -1.98. The molecule has 2 unspecified atom stereocenters. The quantitative estimate of drug-likeness (QED) is 0.936. The van der Waals surface area contributed by atoms with Crippen molar-refractivity contribution in [1.29, 1.82) is 0 Å². The summed E-state index contributed by atoms with van der Waals surface area (Å²) in [6.07, 6.45) is 7.99. The van der Waals surface area contributed by atoms with E-state index in [0.29, 0.717) is 23.5 Å². The Morgan fingerprint density at radius 1 is 1.38 bits per heavy atom. The SMILES string of the molecule is CC1CCC(C)(/C=C/c2nc(-c3ncn[nH]3)no2)C1(C)C. The average molecular weight is 287 g/mol. The molecule has 0 spiro atoms. The van der Waals surface area contributed by atoms with E-state index in [9.17, 15) is 0 Å². The number of nitrogens with one attached hydrogen (secondary N) is 1. The molecule has 3 rings (SSSR count). The Kier molecular flexibility index (Phi) is 3.19. The van der Waals surface area contributed by atoms with Gasteiger partial charge >= 0.3 is 0 Å². The molecule has 1 aliphatic carbocycles. The zero-order chi connectivity index (χ0) is 15.1. The van der Waals surface area contributed by atoms with E-state index in [1.165, 1.54) is 19.2 Å². The number of hydrogen-bond acceptors (Lipinski definition) is 5. The fourth-order valence-electron chi connectivity index (χ4n) is 3.03. The first kappa shape index (κ1) is 14.0. The maximum atomic E-state index is 5.25. The van der Waals surface area contributed by atoms with E-state index in [0.717, 1.165) is 0 Å². The summed E-state index contributed by atoms with van der Waals surface area (Å²) in [6.45, 7) is 9.31. The maximum absolute atomic E-state index is 5.25. The topological polar surface area (TPSA) is 80.5 Å². The molecule has 0 aromatic carbocycles. The van der Waals surface area contributed by atoms with Crippen molar-refractivity contribution < 1.29 is 4.52 Å². The van der Waals surface area contributed by atoms with Crippen molar-refractivity contribution in [2.45, 2.75) is 40.5 Å². The predicted octanol–water partition coefficient (Wildman–Crippen LogP) is 3.33. The Morgan fingerprint density at radius 2 is 2.19 bits per heavy atom. The molecule has 1 aliphatic rings. The molecular weight excluding hydrogens is 266 g/mol. The lowest BCUT2D eigenvalue weighted by molar-refractivity contribution is 0.145. The Balaban J connectivity index is 1.81. The summed E-state index contributed by atoms with van der Waals surface area (Å²) in [5.74, 6) is 2.15. The largest absolute Gasteiger partial charge is 0.334 e. The van der Waals surface area contributed by atoms with Gasteiger partial charge in [0, 0.05) is 0 Å². The second-order valence-corrected chi connectivity index (χ2v) is 6.70. The molecule has 6 heteroatoms. The zero-order valence-corrected chi connectivity index (χ0v) is 12.9. The van der Waals surface area contributed by atoms with E-state index < -0.39 is 0 Å². The second-order valence-electron chi connectivity index (χ2n) is 6.70. The molecule has 2 heterocycles. The average Bonchev–Trinajstić information content (AvgIpc) is 3.14. The van der Waals surface area contributed by atoms with Gasteiger partial charge in [0.25, 0.3) is 5.89 Å². The van der Waals surface area contributed by atoms with E-state index in [1.54, 1.807) is 0 Å². The Morgan fingerprint density at radius 3 is 2.81 bits per heavy atom. The molecule has 6 nitrogen and oxygen atoms in total. The van der Waals surface area contributed by atoms with Crippen molar-refractivity contribution in [3.05, 3.63) is 18.3 Å². The number of hydrogen-bond donors (Lipinski definition) is 1. The molecule has 0 amide bonds. The summed E-state index contributed by atoms with van der Waals surface area (Å²) in [6, 6.07) is 0. The highest BCUT2D eigenvalue weighted by Crippen LogP contribution is 2.56. The third kappa shape index (κ3) is 2.28. The normalized spacial score (nSPS) is 28.5. The standard InChI is InChI=1S/C15H21N5O/c1-10-5-7-15(4,14(10,2)3)8-6-11-18-13(20-21-11)12-16-9-17-19-12/h6,8-10H,5,7H2,1-4H3,(H,16,17,19)/b8-6+. The first-order valence-electron chi connectivity index (χ1n) is 7.31. The summed E-state index contributed by atoms with van der Waals surface area (Å²) in [7, 11) is 0. The van der Waals surface area contributed by atoms with Crippen LogP contribution >= 0.6 is 0 Å². The summed E-state index contributed by atoms with van der Waals surface area (Å²) < 4.78 is 5.25. The zero-order valence-electron chi connectivity index (χ0n) is 12.9. The van der Waals surface area contributed by atoms with Crippen molar-refractivity contribution in [1.82, 2.24) is 25.3 Å². The Bertz CT molecular complexity index is 643. The van der Waals surface area contributed by atoms with Gasteiger partial charge in [-0.15, -0.1) is 0 Å². The van der Waals surface area contributed by atoms with Crippen molar-refractivity contribution in [2.75, 3.05) is 0 Å². The van der Waals surface area contributed by atoms with Gasteiger partial charge < -0.3 is 4.52 Å². The van der Waals surface area contributed by atoms with E-state index >= 15 is 0 Å². The highest BCUT2D eigenvalue weighted by molar-refractivity contribution is 5.46. The van der Waals surface area contributed by atoms with Crippen LogP contribution in [0.5, 0.6) is 0 Å². The minimum absolute atomic E-state index is 0.146. The third-order valence-electron chi connectivity index (χ3n) is 5.46. The van der Waals surface area contributed by atoms with Gasteiger partial charge in [0.2, 0.25) is 5.82 Å². The highest BCUT2D eigenvalue weighted by Gasteiger charge is 2.47. The molecule has 0 aliphatic heterocycles. The summed E-state index contributed by atoms with van der Waals surface area (Å²) in [5.41, 5.74) is 0.407. The van der Waals surface area contributed by atoms with Crippen LogP contribution < -0.4 is 0 Å². The van der Waals surface area contributed by atoms with Gasteiger partial charge in [-0.1, -0.05) is 38.9 Å². The number of H-pyrrole nitrogens is 1. The Labute approximate surface area is 124 Å². The smallest absolute Gasteiger partial charge is 0.250 e. The van der Waals surface area contributed by atoms with Crippen LogP contribution in [0, 0.1) is 16.7 Å². The fraction of sp³-hybridized carbons (Fsp3) is 0.600. The number of aromatic nitrogens is 5. The van der Waals surface area contributed by atoms with Crippen LogP contribution in [0.1, 0.15) is 46.4 Å². The minimum Gasteiger partial charge on any atom is -0.334 e. The fourth-order valence-corrected chi connectivity index (χ4v) is 3.03. The van der Waals surface area contributed by atoms with E-state index in [-0.39, 0.29) is 10.8 Å². The van der Waals surface area contributed by atoms with Crippen LogP contribution in [-0.4, -0.2) is 25.3 Å². The van der Waals surface area contributed by atoms with Crippen molar-refractivity contribution in [3.63, 3.8) is 0 Å². The molecule has 1 saturated carbocycles. The molecule has 2 aromatic heterocycles. The van der Waals surface area contributed by atoms with Gasteiger partial charge in [-0.3, -0.25) is 5.10 Å². The lowest BCUT2D eigenvalue weighted by atomic mass is 9.66. The van der Waals surface area contributed by atoms with E-state index in [4.69, 9.17) is 4.52 Å². The number of nitrogens with zero attached hydrogens (tertiary/aromatic N) is 4. The third-order valence-corrected chi connectivity index (χ3v) is 5.46. The van der Waals surface area contributed by atoms with Gasteiger partial charge in [0.15, 0.2) is 5.82 Å². The van der Waals surface area contributed by atoms with E-state index in [2.05, 4.69) is 59.1 Å². The molecule has 1 N–H and O–H groups in total. The molecule has 2 aromatic rings. The molecule has 0 bridgehead atoms. The number of aromatic amines is 1. The van der Waals surface area contributed by atoms with Crippen LogP contribution in [-0.2, 0) is 0 Å². The molecular formula is C15H21N5O. The molecule has 2 atom stereocenters. The van der Waals surface area contributed by atoms with Crippen molar-refractivity contribution >= 4 is 6.08 Å². The predicted molar refractivity (Wildman–Crippen MR) is 79.0 cm³/mol. The van der Waals surface area contributed by atoms with Gasteiger partial charge in [0.1, 0.15) is 6.33 Å². The highest BCUT2D eigenvalue weighted by atomic mass is 16.5. The maximum Gasteiger partial charge on any atom is 0.250 e. The number of rotatable bonds is 3. The summed E-state index contributed by atoms with van der Waals surface area (Å²) in [4.78, 5) is 8.32.